The number of hydrogen-bond acceptors (Lipinski definition) is 3. The van der Waals surface area contributed by atoms with E-state index in [0.717, 1.165) is 50.4 Å². The third-order valence-corrected chi connectivity index (χ3v) is 11.3. The summed E-state index contributed by atoms with van der Waals surface area (Å²) in [7, 11) is 0. The first-order valence-electron chi connectivity index (χ1n) is 17.4. The van der Waals surface area contributed by atoms with Crippen LogP contribution >= 0.6 is 0 Å². The summed E-state index contributed by atoms with van der Waals surface area (Å²) in [6, 6.07) is 12.0. The molecule has 0 spiro atoms. The lowest BCUT2D eigenvalue weighted by Crippen LogP contribution is -2.26. The van der Waals surface area contributed by atoms with Crippen molar-refractivity contribution in [1.29, 1.82) is 0 Å². The zero-order valence-electron chi connectivity index (χ0n) is 27.1. The number of aliphatic hydroxyl groups is 1. The summed E-state index contributed by atoms with van der Waals surface area (Å²) in [5.41, 5.74) is 9.26. The first kappa shape index (κ1) is 31.2. The molecule has 228 valence electrons. The van der Waals surface area contributed by atoms with Gasteiger partial charge in [-0.2, -0.15) is 0 Å². The van der Waals surface area contributed by atoms with Gasteiger partial charge in [0.25, 0.3) is 0 Å². The predicted molar refractivity (Wildman–Crippen MR) is 181 cm³/mol. The van der Waals surface area contributed by atoms with Crippen molar-refractivity contribution in [3.8, 4) is 11.1 Å². The maximum atomic E-state index is 9.67. The van der Waals surface area contributed by atoms with Gasteiger partial charge in [0.2, 0.25) is 0 Å². The van der Waals surface area contributed by atoms with Crippen LogP contribution in [0.25, 0.3) is 11.1 Å². The lowest BCUT2D eigenvalue weighted by atomic mass is 9.73. The molecule has 6 unspecified atom stereocenters. The molecule has 2 aromatic carbocycles. The van der Waals surface area contributed by atoms with E-state index >= 15 is 0 Å². The smallest absolute Gasteiger partial charge is 0.0669 e. The number of benzene rings is 2. The highest BCUT2D eigenvalue weighted by Gasteiger charge is 2.29. The zero-order chi connectivity index (χ0) is 29.6. The molecule has 1 fully saturated rings. The summed E-state index contributed by atoms with van der Waals surface area (Å²) in [5.74, 6) is 4.20. The third-order valence-electron chi connectivity index (χ3n) is 11.3. The monoisotopic (exact) mass is 568 g/mol. The fourth-order valence-corrected chi connectivity index (χ4v) is 8.08. The molecule has 5 rings (SSSR count). The van der Waals surface area contributed by atoms with Crippen molar-refractivity contribution in [3.63, 3.8) is 0 Å². The van der Waals surface area contributed by atoms with Crippen LogP contribution in [0.1, 0.15) is 134 Å². The maximum Gasteiger partial charge on any atom is 0.0669 e. The van der Waals surface area contributed by atoms with Gasteiger partial charge in [-0.3, -0.25) is 9.98 Å². The molecule has 0 radical (unpaired) electrons. The molecule has 3 nitrogen and oxygen atoms in total. The molecular weight excluding hydrogens is 512 g/mol. The fourth-order valence-electron chi connectivity index (χ4n) is 8.08. The van der Waals surface area contributed by atoms with E-state index in [9.17, 15) is 5.11 Å². The molecule has 3 heteroatoms. The van der Waals surface area contributed by atoms with Gasteiger partial charge in [-0.05, 0) is 108 Å². The highest BCUT2D eigenvalue weighted by molar-refractivity contribution is 5.83. The van der Waals surface area contributed by atoms with Crippen molar-refractivity contribution < 1.29 is 5.11 Å². The quantitative estimate of drug-likeness (QED) is 0.272. The van der Waals surface area contributed by atoms with E-state index in [2.05, 4.69) is 77.4 Å². The van der Waals surface area contributed by atoms with Gasteiger partial charge in [-0.1, -0.05) is 97.8 Å². The number of rotatable bonds is 12. The fraction of sp³-hybridized carbons (Fsp3) is 0.641. The highest BCUT2D eigenvalue weighted by atomic mass is 16.3. The van der Waals surface area contributed by atoms with Crippen LogP contribution in [0.3, 0.4) is 0 Å². The molecule has 1 saturated carbocycles. The van der Waals surface area contributed by atoms with Crippen LogP contribution in [0.4, 0.5) is 11.4 Å². The molecule has 0 saturated heterocycles. The van der Waals surface area contributed by atoms with Crippen LogP contribution < -0.4 is 0 Å². The van der Waals surface area contributed by atoms with Gasteiger partial charge in [-0.25, -0.2) is 0 Å². The van der Waals surface area contributed by atoms with Gasteiger partial charge in [0.1, 0.15) is 0 Å². The lowest BCUT2D eigenvalue weighted by molar-refractivity contribution is 0.196. The van der Waals surface area contributed by atoms with Gasteiger partial charge in [0.05, 0.1) is 11.4 Å². The van der Waals surface area contributed by atoms with Crippen LogP contribution in [0.15, 0.2) is 40.3 Å². The second-order valence-corrected chi connectivity index (χ2v) is 14.2. The van der Waals surface area contributed by atoms with E-state index in [1.165, 1.54) is 77.7 Å². The Kier molecular flexibility index (Phi) is 10.7. The number of aliphatic hydroxyl groups excluding tert-OH is 1. The average molecular weight is 569 g/mol. The van der Waals surface area contributed by atoms with E-state index in [1.54, 1.807) is 0 Å². The van der Waals surface area contributed by atoms with E-state index in [4.69, 9.17) is 9.98 Å². The SMILES string of the molecule is CCC(CO)CC(C)CCC(C)c1cc2c(c(-c3ccc4c(c3)N=CC(C(C)C3CCCCC3)C4)c1)C(CC)CC=N2. The summed E-state index contributed by atoms with van der Waals surface area (Å²) >= 11 is 0. The highest BCUT2D eigenvalue weighted by Crippen LogP contribution is 2.46. The van der Waals surface area contributed by atoms with Crippen LogP contribution in [0.5, 0.6) is 0 Å². The second-order valence-electron chi connectivity index (χ2n) is 14.2. The number of aliphatic imine (C=N–C) groups is 2. The molecule has 42 heavy (non-hydrogen) atoms. The molecule has 0 aromatic heterocycles. The van der Waals surface area contributed by atoms with Crippen LogP contribution in [-0.2, 0) is 6.42 Å². The van der Waals surface area contributed by atoms with Crippen molar-refractivity contribution in [3.05, 3.63) is 47.0 Å². The van der Waals surface area contributed by atoms with Gasteiger partial charge in [0, 0.05) is 25.0 Å². The summed E-state index contributed by atoms with van der Waals surface area (Å²) in [5, 5.41) is 9.67. The van der Waals surface area contributed by atoms with Crippen molar-refractivity contribution in [2.45, 2.75) is 124 Å². The number of hydrogen-bond donors (Lipinski definition) is 1. The van der Waals surface area contributed by atoms with Crippen molar-refractivity contribution >= 4 is 23.8 Å². The number of fused-ring (bicyclic) bond motifs is 2. The first-order valence-corrected chi connectivity index (χ1v) is 17.4. The predicted octanol–water partition coefficient (Wildman–Crippen LogP) is 11.0. The lowest BCUT2D eigenvalue weighted by Gasteiger charge is -2.33. The molecule has 0 amide bonds. The second kappa shape index (κ2) is 14.5. The summed E-state index contributed by atoms with van der Waals surface area (Å²) < 4.78 is 0. The van der Waals surface area contributed by atoms with Crippen molar-refractivity contribution in [2.75, 3.05) is 6.61 Å². The Morgan fingerprint density at radius 1 is 0.929 bits per heavy atom. The average Bonchev–Trinajstić information content (AvgIpc) is 3.04. The molecule has 2 aliphatic heterocycles. The summed E-state index contributed by atoms with van der Waals surface area (Å²) in [4.78, 5) is 10.1. The standard InChI is InChI=1S/C39H56N2O/c1-6-29(25-42)19-26(3)13-14-27(4)34-21-36(39-30(7-2)17-18-40-38(39)23-34)32-15-16-33-20-35(24-41-37(33)22-32)28(5)31-11-9-8-10-12-31/h15-16,18,21-24,26-31,35,42H,6-14,17,19-20,25H2,1-5H3. The number of nitrogens with zero attached hydrogens (tertiary/aromatic N) is 2. The zero-order valence-corrected chi connectivity index (χ0v) is 27.1. The molecule has 3 aliphatic rings. The normalized spacial score (nSPS) is 23.2. The third kappa shape index (κ3) is 7.09. The Balaban J connectivity index is 1.39. The van der Waals surface area contributed by atoms with Crippen LogP contribution in [0, 0.1) is 29.6 Å². The van der Waals surface area contributed by atoms with E-state index in [0.29, 0.717) is 36.2 Å². The minimum atomic E-state index is 0.312. The molecule has 0 bridgehead atoms. The molecule has 6 atom stereocenters. The minimum absolute atomic E-state index is 0.312. The van der Waals surface area contributed by atoms with Gasteiger partial charge < -0.3 is 5.11 Å². The van der Waals surface area contributed by atoms with Gasteiger partial charge in [0.15, 0.2) is 0 Å². The van der Waals surface area contributed by atoms with Gasteiger partial charge >= 0.3 is 0 Å². The Labute approximate surface area is 256 Å². The largest absolute Gasteiger partial charge is 0.396 e. The summed E-state index contributed by atoms with van der Waals surface area (Å²) in [6.45, 7) is 12.0. The Morgan fingerprint density at radius 3 is 2.48 bits per heavy atom. The first-order chi connectivity index (χ1) is 20.4. The van der Waals surface area contributed by atoms with Crippen molar-refractivity contribution in [2.24, 2.45) is 39.6 Å². The molecule has 1 aliphatic carbocycles. The van der Waals surface area contributed by atoms with Gasteiger partial charge in [-0.15, -0.1) is 0 Å². The van der Waals surface area contributed by atoms with E-state index < -0.39 is 0 Å². The Morgan fingerprint density at radius 2 is 1.74 bits per heavy atom. The molecule has 1 N–H and O–H groups in total. The molecule has 2 heterocycles. The topological polar surface area (TPSA) is 45.0 Å². The van der Waals surface area contributed by atoms with Crippen molar-refractivity contribution in [1.82, 2.24) is 0 Å². The van der Waals surface area contributed by atoms with E-state index in [-0.39, 0.29) is 0 Å². The minimum Gasteiger partial charge on any atom is -0.396 e. The van der Waals surface area contributed by atoms with E-state index in [1.807, 2.05) is 0 Å². The summed E-state index contributed by atoms with van der Waals surface area (Å²) in [6.07, 6.45) is 19.3. The molecular formula is C39H56N2O. The Hall–Kier alpha value is -2.26. The van der Waals surface area contributed by atoms with Crippen LogP contribution in [-0.4, -0.2) is 24.1 Å². The Bertz CT molecular complexity index is 1240. The molecule has 2 aromatic rings. The maximum absolute atomic E-state index is 9.67. The van der Waals surface area contributed by atoms with Crippen LogP contribution in [0.2, 0.25) is 0 Å².